The number of thioether (sulfide) groups is 1. The Morgan fingerprint density at radius 3 is 2.94 bits per heavy atom. The molecule has 1 aromatic heterocycles. The number of carbonyl (C=O) groups is 1. The molecule has 0 saturated heterocycles. The molecule has 5 heteroatoms. The minimum atomic E-state index is -0.439. The first-order valence-electron chi connectivity index (χ1n) is 5.69. The highest BCUT2D eigenvalue weighted by atomic mass is 32.2. The molecule has 17 heavy (non-hydrogen) atoms. The number of aliphatic hydroxyl groups is 1. The Bertz CT molecular complexity index is 325. The van der Waals surface area contributed by atoms with Crippen molar-refractivity contribution in [3.63, 3.8) is 0 Å². The van der Waals surface area contributed by atoms with Crippen LogP contribution in [-0.4, -0.2) is 29.4 Å². The van der Waals surface area contributed by atoms with Crippen LogP contribution in [0.25, 0.3) is 0 Å². The topological polar surface area (TPSA) is 49.3 Å². The normalized spacial score (nSPS) is 12.7. The van der Waals surface area contributed by atoms with Crippen LogP contribution >= 0.6 is 23.1 Å². The number of hydrogen-bond acceptors (Lipinski definition) is 4. The summed E-state index contributed by atoms with van der Waals surface area (Å²) in [5.74, 6) is 0.836. The number of nitrogens with one attached hydrogen (secondary N) is 1. The smallest absolute Gasteiger partial charge is 0.230 e. The lowest BCUT2D eigenvalue weighted by Crippen LogP contribution is -2.33. The second kappa shape index (κ2) is 7.74. The van der Waals surface area contributed by atoms with Gasteiger partial charge in [0.1, 0.15) is 0 Å². The largest absolute Gasteiger partial charge is 0.391 e. The highest BCUT2D eigenvalue weighted by Gasteiger charge is 2.09. The van der Waals surface area contributed by atoms with Crippen LogP contribution in [0.15, 0.2) is 21.7 Å². The van der Waals surface area contributed by atoms with Crippen molar-refractivity contribution in [1.29, 1.82) is 0 Å². The van der Waals surface area contributed by atoms with Crippen LogP contribution < -0.4 is 5.32 Å². The van der Waals surface area contributed by atoms with Crippen LogP contribution in [0.5, 0.6) is 0 Å². The summed E-state index contributed by atoms with van der Waals surface area (Å²) in [6.45, 7) is 4.46. The standard InChI is InChI=1S/C12H19NO2S2/c1-9(2)6-10(14)7-13-11(15)8-17-12-4-3-5-16-12/h3-5,9-10,14H,6-8H2,1-2H3,(H,13,15). The maximum Gasteiger partial charge on any atom is 0.230 e. The van der Waals surface area contributed by atoms with E-state index < -0.39 is 6.10 Å². The van der Waals surface area contributed by atoms with Crippen molar-refractivity contribution in [3.8, 4) is 0 Å². The Balaban J connectivity index is 2.13. The fraction of sp³-hybridized carbons (Fsp3) is 0.583. The second-order valence-corrected chi connectivity index (χ2v) is 6.53. The number of hydrogen-bond donors (Lipinski definition) is 2. The van der Waals surface area contributed by atoms with Gasteiger partial charge in [0.2, 0.25) is 5.91 Å². The fourth-order valence-electron chi connectivity index (χ4n) is 1.39. The van der Waals surface area contributed by atoms with Gasteiger partial charge in [0, 0.05) is 6.54 Å². The van der Waals surface area contributed by atoms with Crippen LogP contribution in [0.2, 0.25) is 0 Å². The van der Waals surface area contributed by atoms with Gasteiger partial charge >= 0.3 is 0 Å². The molecule has 1 heterocycles. The molecule has 0 bridgehead atoms. The van der Waals surface area contributed by atoms with E-state index in [1.54, 1.807) is 11.3 Å². The van der Waals surface area contributed by atoms with Crippen molar-refractivity contribution in [2.75, 3.05) is 12.3 Å². The molecule has 1 aromatic rings. The Morgan fingerprint density at radius 1 is 1.59 bits per heavy atom. The second-order valence-electron chi connectivity index (χ2n) is 4.31. The van der Waals surface area contributed by atoms with Gasteiger partial charge < -0.3 is 10.4 Å². The van der Waals surface area contributed by atoms with Crippen molar-refractivity contribution < 1.29 is 9.90 Å². The summed E-state index contributed by atoms with van der Waals surface area (Å²) in [5, 5.41) is 14.3. The summed E-state index contributed by atoms with van der Waals surface area (Å²) in [5.41, 5.74) is 0. The Labute approximate surface area is 111 Å². The van der Waals surface area contributed by atoms with Crippen LogP contribution in [0.3, 0.4) is 0 Å². The summed E-state index contributed by atoms with van der Waals surface area (Å²) >= 11 is 3.16. The first kappa shape index (κ1) is 14.5. The van der Waals surface area contributed by atoms with E-state index in [-0.39, 0.29) is 5.91 Å². The molecule has 3 nitrogen and oxygen atoms in total. The summed E-state index contributed by atoms with van der Waals surface area (Å²) < 4.78 is 1.14. The zero-order chi connectivity index (χ0) is 12.7. The molecule has 0 aliphatic carbocycles. The molecular weight excluding hydrogens is 254 g/mol. The predicted molar refractivity (Wildman–Crippen MR) is 73.5 cm³/mol. The monoisotopic (exact) mass is 273 g/mol. The molecule has 0 saturated carbocycles. The van der Waals surface area contributed by atoms with Gasteiger partial charge in [0.25, 0.3) is 0 Å². The summed E-state index contributed by atoms with van der Waals surface area (Å²) in [6.07, 6.45) is 0.281. The minimum Gasteiger partial charge on any atom is -0.391 e. The molecule has 0 aromatic carbocycles. The van der Waals surface area contributed by atoms with Crippen LogP contribution in [0.1, 0.15) is 20.3 Å². The molecule has 96 valence electrons. The maximum absolute atomic E-state index is 11.5. The zero-order valence-electron chi connectivity index (χ0n) is 10.2. The molecule has 0 spiro atoms. The van der Waals surface area contributed by atoms with Gasteiger partial charge in [-0.25, -0.2) is 0 Å². The third-order valence-electron chi connectivity index (χ3n) is 2.12. The average molecular weight is 273 g/mol. The van der Waals surface area contributed by atoms with Crippen LogP contribution in [0.4, 0.5) is 0 Å². The van der Waals surface area contributed by atoms with E-state index in [4.69, 9.17) is 0 Å². The summed E-state index contributed by atoms with van der Waals surface area (Å²) in [4.78, 5) is 11.5. The van der Waals surface area contributed by atoms with E-state index in [0.717, 1.165) is 10.6 Å². The van der Waals surface area contributed by atoms with E-state index in [1.165, 1.54) is 11.8 Å². The van der Waals surface area contributed by atoms with E-state index in [2.05, 4.69) is 19.2 Å². The molecule has 0 aliphatic heterocycles. The number of aliphatic hydroxyl groups excluding tert-OH is 1. The van der Waals surface area contributed by atoms with E-state index in [1.807, 2.05) is 17.5 Å². The number of rotatable bonds is 7. The highest BCUT2D eigenvalue weighted by molar-refractivity contribution is 8.01. The van der Waals surface area contributed by atoms with Crippen molar-refractivity contribution >= 4 is 29.0 Å². The number of thiophene rings is 1. The molecule has 0 fully saturated rings. The Morgan fingerprint density at radius 2 is 2.35 bits per heavy atom. The Hall–Kier alpha value is -0.520. The number of carbonyl (C=O) groups excluding carboxylic acids is 1. The number of amides is 1. The van der Waals surface area contributed by atoms with Crippen molar-refractivity contribution in [2.45, 2.75) is 30.6 Å². The lowest BCUT2D eigenvalue weighted by Gasteiger charge is -2.13. The summed E-state index contributed by atoms with van der Waals surface area (Å²) in [6, 6.07) is 3.97. The van der Waals surface area contributed by atoms with Gasteiger partial charge in [-0.1, -0.05) is 19.9 Å². The average Bonchev–Trinajstić information content (AvgIpc) is 2.75. The van der Waals surface area contributed by atoms with Gasteiger partial charge in [-0.05, 0) is 23.8 Å². The molecule has 1 rings (SSSR count). The van der Waals surface area contributed by atoms with Crippen molar-refractivity contribution in [1.82, 2.24) is 5.32 Å². The van der Waals surface area contributed by atoms with Crippen molar-refractivity contribution in [2.24, 2.45) is 5.92 Å². The van der Waals surface area contributed by atoms with Gasteiger partial charge in [-0.2, -0.15) is 0 Å². The van der Waals surface area contributed by atoms with Crippen LogP contribution in [0, 0.1) is 5.92 Å². The van der Waals surface area contributed by atoms with Gasteiger partial charge in [0.15, 0.2) is 0 Å². The molecule has 1 amide bonds. The lowest BCUT2D eigenvalue weighted by molar-refractivity contribution is -0.119. The highest BCUT2D eigenvalue weighted by Crippen LogP contribution is 2.22. The first-order valence-corrected chi connectivity index (χ1v) is 7.55. The molecule has 1 unspecified atom stereocenters. The van der Waals surface area contributed by atoms with Crippen molar-refractivity contribution in [3.05, 3.63) is 17.5 Å². The van der Waals surface area contributed by atoms with Crippen LogP contribution in [-0.2, 0) is 4.79 Å². The quantitative estimate of drug-likeness (QED) is 0.750. The van der Waals surface area contributed by atoms with E-state index >= 15 is 0 Å². The lowest BCUT2D eigenvalue weighted by atomic mass is 10.1. The van der Waals surface area contributed by atoms with E-state index in [9.17, 15) is 9.90 Å². The fourth-order valence-corrected chi connectivity index (χ4v) is 3.01. The molecule has 1 atom stereocenters. The zero-order valence-corrected chi connectivity index (χ0v) is 11.8. The van der Waals surface area contributed by atoms with Gasteiger partial charge in [0.05, 0.1) is 16.1 Å². The van der Waals surface area contributed by atoms with Gasteiger partial charge in [-0.3, -0.25) is 4.79 Å². The molecule has 2 N–H and O–H groups in total. The molecular formula is C12H19NO2S2. The third-order valence-corrected chi connectivity index (χ3v) is 4.25. The first-order chi connectivity index (χ1) is 8.08. The minimum absolute atomic E-state index is 0.0220. The third kappa shape index (κ3) is 6.71. The van der Waals surface area contributed by atoms with E-state index in [0.29, 0.717) is 18.2 Å². The molecule has 0 aliphatic rings. The van der Waals surface area contributed by atoms with Gasteiger partial charge in [-0.15, -0.1) is 23.1 Å². The molecule has 0 radical (unpaired) electrons. The summed E-state index contributed by atoms with van der Waals surface area (Å²) in [7, 11) is 0. The Kier molecular flexibility index (Phi) is 6.62. The SMILES string of the molecule is CC(C)CC(O)CNC(=O)CSc1cccs1. The predicted octanol–water partition coefficient (Wildman–Crippen LogP) is 2.36. The maximum atomic E-state index is 11.5.